The fourth-order valence-electron chi connectivity index (χ4n) is 3.34. The van der Waals surface area contributed by atoms with Crippen LogP contribution in [0.1, 0.15) is 47.7 Å². The third kappa shape index (κ3) is 4.76. The zero-order valence-corrected chi connectivity index (χ0v) is 16.4. The molecule has 0 aliphatic carbocycles. The average molecular weight is 364 g/mol. The van der Waals surface area contributed by atoms with Crippen LogP contribution in [0.5, 0.6) is 0 Å². The van der Waals surface area contributed by atoms with Crippen LogP contribution in [0, 0.1) is 0 Å². The van der Waals surface area contributed by atoms with Crippen LogP contribution in [0.25, 0.3) is 6.08 Å². The molecule has 142 valence electrons. The summed E-state index contributed by atoms with van der Waals surface area (Å²) in [4.78, 5) is 19.0. The first-order chi connectivity index (χ1) is 13.1. The molecule has 5 heteroatoms. The Morgan fingerprint density at radius 2 is 2.11 bits per heavy atom. The number of carbonyl (C=O) groups is 1. The zero-order chi connectivity index (χ0) is 19.2. The highest BCUT2D eigenvalue weighted by molar-refractivity contribution is 6.07. The van der Waals surface area contributed by atoms with E-state index in [0.717, 1.165) is 49.3 Å². The predicted molar refractivity (Wildman–Crippen MR) is 111 cm³/mol. The second-order valence-electron chi connectivity index (χ2n) is 7.24. The molecule has 1 aromatic carbocycles. The molecule has 2 aliphatic heterocycles. The molecule has 0 unspecified atom stereocenters. The number of amides is 1. The molecule has 1 amide bonds. The molecule has 1 aromatic rings. The molecule has 1 fully saturated rings. The maximum Gasteiger partial charge on any atom is 0.253 e. The Labute approximate surface area is 161 Å². The summed E-state index contributed by atoms with van der Waals surface area (Å²) < 4.78 is 0. The number of piperidine rings is 1. The lowest BCUT2D eigenvalue weighted by Crippen LogP contribution is -2.25. The maximum absolute atomic E-state index is 12.5. The van der Waals surface area contributed by atoms with Crippen LogP contribution in [0.3, 0.4) is 0 Å². The fraction of sp³-hybridized carbons (Fsp3) is 0.409. The van der Waals surface area contributed by atoms with Crippen molar-refractivity contribution in [3.05, 3.63) is 58.5 Å². The van der Waals surface area contributed by atoms with E-state index in [-0.39, 0.29) is 11.9 Å². The van der Waals surface area contributed by atoms with Crippen LogP contribution in [0.15, 0.2) is 46.8 Å². The minimum atomic E-state index is -0.0187. The standard InChI is InChI=1S/C22H28N4O/c1-16(9-10-17-11-14-23-15-12-17)25-21-19-6-4-7-20(22(27)26(2)3)18(19)8-5-13-24-21/h4,6-8,10,13,16,23H,9,11-12,14-15H2,1-3H3,(H,24,25)/t16-/m0/s1. The van der Waals surface area contributed by atoms with Gasteiger partial charge in [-0.3, -0.25) is 9.79 Å². The van der Waals surface area contributed by atoms with Crippen LogP contribution >= 0.6 is 0 Å². The Kier molecular flexibility index (Phi) is 6.28. The summed E-state index contributed by atoms with van der Waals surface area (Å²) in [5.74, 6) is 0.769. The summed E-state index contributed by atoms with van der Waals surface area (Å²) in [5, 5.41) is 6.61. The highest BCUT2D eigenvalue weighted by Gasteiger charge is 2.18. The van der Waals surface area contributed by atoms with Crippen molar-refractivity contribution in [3.8, 4) is 0 Å². The van der Waals surface area contributed by atoms with Crippen molar-refractivity contribution in [2.75, 3.05) is 27.2 Å². The number of carbonyl (C=O) groups excluding carboxylic acids is 1. The molecule has 2 aliphatic rings. The van der Waals surface area contributed by atoms with E-state index in [9.17, 15) is 4.79 Å². The molecule has 2 N–H and O–H groups in total. The summed E-state index contributed by atoms with van der Waals surface area (Å²) in [5.41, 5.74) is 7.08. The van der Waals surface area contributed by atoms with Gasteiger partial charge in [0, 0.05) is 37.0 Å². The highest BCUT2D eigenvalue weighted by atomic mass is 16.2. The van der Waals surface area contributed by atoms with Gasteiger partial charge >= 0.3 is 0 Å². The van der Waals surface area contributed by atoms with Crippen LogP contribution in [-0.2, 0) is 0 Å². The first-order valence-corrected chi connectivity index (χ1v) is 9.55. The Hall–Kier alpha value is -2.62. The lowest BCUT2D eigenvalue weighted by Gasteiger charge is -2.17. The lowest BCUT2D eigenvalue weighted by molar-refractivity contribution is 0.0827. The van der Waals surface area contributed by atoms with E-state index < -0.39 is 0 Å². The van der Waals surface area contributed by atoms with E-state index in [2.05, 4.69) is 29.4 Å². The third-order valence-electron chi connectivity index (χ3n) is 4.86. The van der Waals surface area contributed by atoms with Gasteiger partial charge in [-0.15, -0.1) is 5.73 Å². The molecule has 2 heterocycles. The third-order valence-corrected chi connectivity index (χ3v) is 4.86. The molecule has 0 aromatic heterocycles. The minimum Gasteiger partial charge on any atom is -0.345 e. The largest absolute Gasteiger partial charge is 0.345 e. The molecule has 0 bridgehead atoms. The van der Waals surface area contributed by atoms with Gasteiger partial charge in [-0.05, 0) is 51.4 Å². The van der Waals surface area contributed by atoms with Crippen molar-refractivity contribution < 1.29 is 4.79 Å². The fourth-order valence-corrected chi connectivity index (χ4v) is 3.34. The van der Waals surface area contributed by atoms with Crippen molar-refractivity contribution in [1.29, 1.82) is 0 Å². The van der Waals surface area contributed by atoms with Gasteiger partial charge in [-0.2, -0.15) is 0 Å². The van der Waals surface area contributed by atoms with Gasteiger partial charge < -0.3 is 15.5 Å². The van der Waals surface area contributed by atoms with Crippen molar-refractivity contribution >= 4 is 17.8 Å². The number of rotatable bonds is 4. The average Bonchev–Trinajstić information content (AvgIpc) is 2.89. The van der Waals surface area contributed by atoms with Crippen molar-refractivity contribution in [2.24, 2.45) is 4.99 Å². The monoisotopic (exact) mass is 364 g/mol. The molecule has 1 atom stereocenters. The van der Waals surface area contributed by atoms with Crippen LogP contribution in [-0.4, -0.2) is 49.9 Å². The van der Waals surface area contributed by atoms with Crippen LogP contribution in [0.4, 0.5) is 0 Å². The molecule has 1 saturated heterocycles. The molecule has 0 radical (unpaired) electrons. The number of nitrogens with zero attached hydrogens (tertiary/aromatic N) is 2. The maximum atomic E-state index is 12.5. The van der Waals surface area contributed by atoms with E-state index in [1.807, 2.05) is 24.3 Å². The van der Waals surface area contributed by atoms with Gasteiger partial charge in [0.15, 0.2) is 0 Å². The van der Waals surface area contributed by atoms with Gasteiger partial charge in [0.25, 0.3) is 5.91 Å². The smallest absolute Gasteiger partial charge is 0.253 e. The number of hydrogen-bond donors (Lipinski definition) is 2. The van der Waals surface area contributed by atoms with Crippen molar-refractivity contribution in [3.63, 3.8) is 0 Å². The second-order valence-corrected chi connectivity index (χ2v) is 7.24. The van der Waals surface area contributed by atoms with E-state index in [1.165, 1.54) is 5.57 Å². The topological polar surface area (TPSA) is 56.7 Å². The second kappa shape index (κ2) is 8.85. The molecule has 5 nitrogen and oxygen atoms in total. The summed E-state index contributed by atoms with van der Waals surface area (Å²) in [7, 11) is 3.53. The van der Waals surface area contributed by atoms with Gasteiger partial charge in [0.1, 0.15) is 5.84 Å². The minimum absolute atomic E-state index is 0.0187. The van der Waals surface area contributed by atoms with E-state index in [1.54, 1.807) is 25.2 Å². The predicted octanol–water partition coefficient (Wildman–Crippen LogP) is 2.95. The normalized spacial score (nSPS) is 18.5. The molecular formula is C22H28N4O. The van der Waals surface area contributed by atoms with Gasteiger partial charge in [-0.1, -0.05) is 23.8 Å². The number of nitrogens with one attached hydrogen (secondary N) is 2. The Morgan fingerprint density at radius 1 is 1.33 bits per heavy atom. The van der Waals surface area contributed by atoms with Crippen LogP contribution in [0.2, 0.25) is 0 Å². The van der Waals surface area contributed by atoms with Crippen LogP contribution < -0.4 is 10.6 Å². The summed E-state index contributed by atoms with van der Waals surface area (Å²) >= 11 is 0. The van der Waals surface area contributed by atoms with Crippen molar-refractivity contribution in [1.82, 2.24) is 15.5 Å². The van der Waals surface area contributed by atoms with E-state index >= 15 is 0 Å². The summed E-state index contributed by atoms with van der Waals surface area (Å²) in [6.07, 6.45) is 9.13. The quantitative estimate of drug-likeness (QED) is 0.638. The Morgan fingerprint density at radius 3 is 2.85 bits per heavy atom. The number of hydrogen-bond acceptors (Lipinski definition) is 3. The van der Waals surface area contributed by atoms with E-state index in [4.69, 9.17) is 4.99 Å². The number of aliphatic imine (C=N–C) groups is 1. The number of fused-ring (bicyclic) bond motifs is 1. The van der Waals surface area contributed by atoms with E-state index in [0.29, 0.717) is 5.56 Å². The summed E-state index contributed by atoms with van der Waals surface area (Å²) in [6, 6.07) is 5.92. The van der Waals surface area contributed by atoms with Gasteiger partial charge in [0.2, 0.25) is 0 Å². The Balaban J connectivity index is 1.86. The zero-order valence-electron chi connectivity index (χ0n) is 16.4. The SMILES string of the molecule is C[C@@H](CC=C1CCNCC1)N=C1NC=C=Cc2c(C(=O)N(C)C)cccc21. The molecule has 0 saturated carbocycles. The van der Waals surface area contributed by atoms with Crippen molar-refractivity contribution in [2.45, 2.75) is 32.2 Å². The molecule has 3 rings (SSSR count). The molecule has 0 spiro atoms. The molecular weight excluding hydrogens is 336 g/mol. The molecule has 27 heavy (non-hydrogen) atoms. The number of benzene rings is 1. The summed E-state index contributed by atoms with van der Waals surface area (Å²) in [6.45, 7) is 4.27. The highest BCUT2D eigenvalue weighted by Crippen LogP contribution is 2.21. The number of amidine groups is 1. The Bertz CT molecular complexity index is 821. The van der Waals surface area contributed by atoms with Gasteiger partial charge in [-0.25, -0.2) is 0 Å². The van der Waals surface area contributed by atoms with Gasteiger partial charge in [0.05, 0.1) is 6.04 Å². The first-order valence-electron chi connectivity index (χ1n) is 9.55. The lowest BCUT2D eigenvalue weighted by atomic mass is 9.99. The first kappa shape index (κ1) is 19.2.